The lowest BCUT2D eigenvalue weighted by molar-refractivity contribution is 0.342. The van der Waals surface area contributed by atoms with E-state index in [4.69, 9.17) is 17.0 Å². The molecule has 1 aromatic heterocycles. The molecular weight excluding hydrogens is 376 g/mol. The smallest absolute Gasteiger partial charge is 0.170 e. The number of rotatable bonds is 7. The Morgan fingerprint density at radius 2 is 2.17 bits per heavy atom. The van der Waals surface area contributed by atoms with E-state index in [2.05, 4.69) is 31.7 Å². The molecule has 2 N–H and O–H groups in total. The molecule has 5 nitrogen and oxygen atoms in total. The SMILES string of the molecule is CCOc1ccccc1NC(=S)NCCCn1cc(Br)c(C)n1. The zero-order valence-electron chi connectivity index (χ0n) is 13.3. The summed E-state index contributed by atoms with van der Waals surface area (Å²) in [4.78, 5) is 0. The van der Waals surface area contributed by atoms with Crippen LogP contribution < -0.4 is 15.4 Å². The number of para-hydroxylation sites is 2. The molecule has 0 unspecified atom stereocenters. The number of benzene rings is 1. The average molecular weight is 397 g/mol. The van der Waals surface area contributed by atoms with Crippen LogP contribution in [-0.2, 0) is 6.54 Å². The number of aromatic nitrogens is 2. The molecule has 0 aliphatic heterocycles. The van der Waals surface area contributed by atoms with Crippen LogP contribution in [0, 0.1) is 6.92 Å². The standard InChI is InChI=1S/C16H21BrN4OS/c1-3-22-15-8-5-4-7-14(15)19-16(23)18-9-6-10-21-11-13(17)12(2)20-21/h4-5,7-8,11H,3,6,9-10H2,1-2H3,(H2,18,19,23). The molecule has 2 aromatic rings. The molecule has 1 heterocycles. The monoisotopic (exact) mass is 396 g/mol. The van der Waals surface area contributed by atoms with Crippen LogP contribution in [-0.4, -0.2) is 28.0 Å². The van der Waals surface area contributed by atoms with E-state index in [1.54, 1.807) is 0 Å². The van der Waals surface area contributed by atoms with E-state index in [0.29, 0.717) is 11.7 Å². The molecule has 0 saturated heterocycles. The second-order valence-electron chi connectivity index (χ2n) is 4.99. The first-order valence-corrected chi connectivity index (χ1v) is 8.76. The topological polar surface area (TPSA) is 51.1 Å². The Hall–Kier alpha value is -1.60. The van der Waals surface area contributed by atoms with Gasteiger partial charge in [-0.25, -0.2) is 0 Å². The second kappa shape index (κ2) is 8.88. The number of thiocarbonyl (C=S) groups is 1. The number of hydrogen-bond acceptors (Lipinski definition) is 3. The maximum absolute atomic E-state index is 5.57. The van der Waals surface area contributed by atoms with Gasteiger partial charge < -0.3 is 15.4 Å². The third-order valence-electron chi connectivity index (χ3n) is 3.17. The van der Waals surface area contributed by atoms with Crippen molar-refractivity contribution in [2.75, 3.05) is 18.5 Å². The lowest BCUT2D eigenvalue weighted by Gasteiger charge is -2.14. The average Bonchev–Trinajstić information content (AvgIpc) is 2.84. The molecule has 0 aliphatic rings. The van der Waals surface area contributed by atoms with Gasteiger partial charge in [0.1, 0.15) is 5.75 Å². The molecule has 7 heteroatoms. The number of hydrogen-bond donors (Lipinski definition) is 2. The summed E-state index contributed by atoms with van der Waals surface area (Å²) in [7, 11) is 0. The fourth-order valence-corrected chi connectivity index (χ4v) is 2.60. The molecule has 23 heavy (non-hydrogen) atoms. The Balaban J connectivity index is 1.75. The first-order chi connectivity index (χ1) is 11.1. The number of anilines is 1. The molecule has 1 aromatic carbocycles. The Kier molecular flexibility index (Phi) is 6.85. The van der Waals surface area contributed by atoms with Crippen molar-refractivity contribution < 1.29 is 4.74 Å². The second-order valence-corrected chi connectivity index (χ2v) is 6.25. The summed E-state index contributed by atoms with van der Waals surface area (Å²) in [6.07, 6.45) is 2.92. The van der Waals surface area contributed by atoms with Crippen molar-refractivity contribution in [1.29, 1.82) is 0 Å². The minimum atomic E-state index is 0.593. The van der Waals surface area contributed by atoms with Gasteiger partial charge in [-0.3, -0.25) is 4.68 Å². The fourth-order valence-electron chi connectivity index (χ4n) is 2.07. The summed E-state index contributed by atoms with van der Waals surface area (Å²) in [6, 6.07) is 7.76. The summed E-state index contributed by atoms with van der Waals surface area (Å²) in [5.41, 5.74) is 1.88. The molecule has 0 aliphatic carbocycles. The number of nitrogens with one attached hydrogen (secondary N) is 2. The van der Waals surface area contributed by atoms with Gasteiger partial charge in [0.25, 0.3) is 0 Å². The third kappa shape index (κ3) is 5.51. The number of ether oxygens (including phenoxy) is 1. The highest BCUT2D eigenvalue weighted by molar-refractivity contribution is 9.10. The van der Waals surface area contributed by atoms with Crippen LogP contribution in [0.4, 0.5) is 5.69 Å². The van der Waals surface area contributed by atoms with Gasteiger partial charge in [-0.05, 0) is 60.5 Å². The van der Waals surface area contributed by atoms with Crippen molar-refractivity contribution in [2.45, 2.75) is 26.8 Å². The van der Waals surface area contributed by atoms with Crippen LogP contribution in [0.3, 0.4) is 0 Å². The van der Waals surface area contributed by atoms with E-state index in [1.807, 2.05) is 49.0 Å². The first kappa shape index (κ1) is 17.7. The molecule has 0 fully saturated rings. The van der Waals surface area contributed by atoms with Crippen molar-refractivity contribution in [3.63, 3.8) is 0 Å². The van der Waals surface area contributed by atoms with E-state index >= 15 is 0 Å². The van der Waals surface area contributed by atoms with Crippen LogP contribution in [0.1, 0.15) is 19.0 Å². The van der Waals surface area contributed by atoms with Gasteiger partial charge in [-0.1, -0.05) is 12.1 Å². The fraction of sp³-hybridized carbons (Fsp3) is 0.375. The van der Waals surface area contributed by atoms with Crippen molar-refractivity contribution in [3.05, 3.63) is 40.6 Å². The maximum atomic E-state index is 5.57. The number of aryl methyl sites for hydroxylation is 2. The molecule has 0 radical (unpaired) electrons. The molecule has 0 saturated carbocycles. The highest BCUT2D eigenvalue weighted by Gasteiger charge is 2.04. The Bertz CT molecular complexity index is 640. The predicted molar refractivity (Wildman–Crippen MR) is 101 cm³/mol. The van der Waals surface area contributed by atoms with E-state index in [9.17, 15) is 0 Å². The molecule has 0 spiro atoms. The lowest BCUT2D eigenvalue weighted by atomic mass is 10.3. The molecular formula is C16H21BrN4OS. The third-order valence-corrected chi connectivity index (χ3v) is 4.20. The lowest BCUT2D eigenvalue weighted by Crippen LogP contribution is -2.30. The largest absolute Gasteiger partial charge is 0.492 e. The molecule has 0 amide bonds. The quantitative estimate of drug-likeness (QED) is 0.551. The Labute approximate surface area is 150 Å². The van der Waals surface area contributed by atoms with Crippen LogP contribution in [0.5, 0.6) is 5.75 Å². The predicted octanol–water partition coefficient (Wildman–Crippen LogP) is 3.73. The van der Waals surface area contributed by atoms with Gasteiger partial charge in [-0.15, -0.1) is 0 Å². The normalized spacial score (nSPS) is 10.4. The van der Waals surface area contributed by atoms with Gasteiger partial charge in [0, 0.05) is 19.3 Å². The van der Waals surface area contributed by atoms with Gasteiger partial charge >= 0.3 is 0 Å². The van der Waals surface area contributed by atoms with Gasteiger partial charge in [-0.2, -0.15) is 5.10 Å². The van der Waals surface area contributed by atoms with Crippen LogP contribution in [0.2, 0.25) is 0 Å². The van der Waals surface area contributed by atoms with Crippen molar-refractivity contribution in [2.24, 2.45) is 0 Å². The van der Waals surface area contributed by atoms with E-state index in [-0.39, 0.29) is 0 Å². The van der Waals surface area contributed by atoms with Crippen molar-refractivity contribution >= 4 is 38.9 Å². The van der Waals surface area contributed by atoms with Gasteiger partial charge in [0.2, 0.25) is 0 Å². The summed E-state index contributed by atoms with van der Waals surface area (Å²) < 4.78 is 8.54. The van der Waals surface area contributed by atoms with Crippen LogP contribution in [0.25, 0.3) is 0 Å². The molecule has 2 rings (SSSR count). The van der Waals surface area contributed by atoms with Crippen molar-refractivity contribution in [1.82, 2.24) is 15.1 Å². The maximum Gasteiger partial charge on any atom is 0.170 e. The minimum absolute atomic E-state index is 0.593. The van der Waals surface area contributed by atoms with Gasteiger partial charge in [0.05, 0.1) is 22.5 Å². The minimum Gasteiger partial charge on any atom is -0.492 e. The van der Waals surface area contributed by atoms with Crippen LogP contribution >= 0.6 is 28.1 Å². The summed E-state index contributed by atoms with van der Waals surface area (Å²) in [5, 5.41) is 11.4. The zero-order valence-corrected chi connectivity index (χ0v) is 15.7. The molecule has 0 bridgehead atoms. The van der Waals surface area contributed by atoms with E-state index in [0.717, 1.165) is 41.1 Å². The first-order valence-electron chi connectivity index (χ1n) is 7.56. The molecule has 124 valence electrons. The summed E-state index contributed by atoms with van der Waals surface area (Å²) in [6.45, 7) is 6.19. The number of halogens is 1. The summed E-state index contributed by atoms with van der Waals surface area (Å²) >= 11 is 8.79. The molecule has 0 atom stereocenters. The Morgan fingerprint density at radius 3 is 2.87 bits per heavy atom. The highest BCUT2D eigenvalue weighted by atomic mass is 79.9. The highest BCUT2D eigenvalue weighted by Crippen LogP contribution is 2.23. The summed E-state index contributed by atoms with van der Waals surface area (Å²) in [5.74, 6) is 0.802. The Morgan fingerprint density at radius 1 is 1.39 bits per heavy atom. The van der Waals surface area contributed by atoms with E-state index in [1.165, 1.54) is 0 Å². The number of nitrogens with zero attached hydrogens (tertiary/aromatic N) is 2. The zero-order chi connectivity index (χ0) is 16.7. The van der Waals surface area contributed by atoms with E-state index < -0.39 is 0 Å². The van der Waals surface area contributed by atoms with Gasteiger partial charge in [0.15, 0.2) is 5.11 Å². The van der Waals surface area contributed by atoms with Crippen LogP contribution in [0.15, 0.2) is 34.9 Å². The van der Waals surface area contributed by atoms with Crippen molar-refractivity contribution in [3.8, 4) is 5.75 Å².